The van der Waals surface area contributed by atoms with Crippen molar-refractivity contribution in [2.24, 2.45) is 0 Å². The number of rotatable bonds is 26. The highest BCUT2D eigenvalue weighted by atomic mass is 19.1. The number of nitrogens with one attached hydrogen (secondary N) is 2. The number of hydrogen-bond donors (Lipinski definition) is 4. The van der Waals surface area contributed by atoms with Crippen molar-refractivity contribution in [3.8, 4) is 0 Å². The van der Waals surface area contributed by atoms with E-state index in [0.717, 1.165) is 96.3 Å². The maximum absolute atomic E-state index is 14.3. The molecule has 1 aliphatic rings. The standard InChI is InChI=1S/C33H58F2N2O4/c34-28(22-17-13-9-5-1-3-7-11-15-19-26-38)32(40)36-30-24-21-25-31(30)37-33(41)29(35)23-18-14-10-6-2-4-8-12-16-20-27-39/h22-23,30-31,38-39H,1-21,24-27H2,(H,36,40)(H,37,41)/b28-22-,29-23+/t30-,31+/m1/s1. The van der Waals surface area contributed by atoms with Crippen LogP contribution in [0.5, 0.6) is 0 Å². The largest absolute Gasteiger partial charge is 0.396 e. The first kappa shape index (κ1) is 37.2. The molecule has 0 unspecified atom stereocenters. The van der Waals surface area contributed by atoms with Crippen LogP contribution in [0.3, 0.4) is 0 Å². The first-order valence-corrected chi connectivity index (χ1v) is 16.5. The fraction of sp³-hybridized carbons (Fsp3) is 0.818. The van der Waals surface area contributed by atoms with Gasteiger partial charge in [-0.25, -0.2) is 8.78 Å². The van der Waals surface area contributed by atoms with Crippen LogP contribution in [0.1, 0.15) is 148 Å². The summed E-state index contributed by atoms with van der Waals surface area (Å²) in [5.41, 5.74) is 0. The van der Waals surface area contributed by atoms with Crippen LogP contribution in [-0.4, -0.2) is 47.3 Å². The summed E-state index contributed by atoms with van der Waals surface area (Å²) in [5, 5.41) is 22.9. The molecular formula is C33H58F2N2O4. The van der Waals surface area contributed by atoms with Gasteiger partial charge in [-0.1, -0.05) is 89.9 Å². The van der Waals surface area contributed by atoms with Gasteiger partial charge in [0.05, 0.1) is 0 Å². The van der Waals surface area contributed by atoms with Crippen LogP contribution in [0.15, 0.2) is 23.8 Å². The average molecular weight is 585 g/mol. The van der Waals surface area contributed by atoms with Gasteiger partial charge in [-0.05, 0) is 69.9 Å². The van der Waals surface area contributed by atoms with Gasteiger partial charge in [0.15, 0.2) is 11.7 Å². The lowest BCUT2D eigenvalue weighted by Gasteiger charge is -2.21. The molecule has 0 aromatic heterocycles. The summed E-state index contributed by atoms with van der Waals surface area (Å²) in [6.07, 6.45) is 24.9. The predicted octanol–water partition coefficient (Wildman–Crippen LogP) is 7.63. The summed E-state index contributed by atoms with van der Waals surface area (Å²) >= 11 is 0. The van der Waals surface area contributed by atoms with E-state index in [0.29, 0.717) is 25.7 Å². The third kappa shape index (κ3) is 19.9. The molecule has 1 rings (SSSR count). The Labute approximate surface area is 247 Å². The zero-order valence-electron chi connectivity index (χ0n) is 25.5. The van der Waals surface area contributed by atoms with E-state index in [1.165, 1.54) is 37.8 Å². The van der Waals surface area contributed by atoms with Crippen molar-refractivity contribution >= 4 is 11.8 Å². The molecule has 0 saturated heterocycles. The number of unbranched alkanes of at least 4 members (excludes halogenated alkanes) is 18. The number of allylic oxidation sites excluding steroid dienone is 2. The smallest absolute Gasteiger partial charge is 0.279 e. The van der Waals surface area contributed by atoms with Gasteiger partial charge in [-0.2, -0.15) is 0 Å². The van der Waals surface area contributed by atoms with Gasteiger partial charge in [0.1, 0.15) is 0 Å². The van der Waals surface area contributed by atoms with E-state index in [1.54, 1.807) is 0 Å². The monoisotopic (exact) mass is 584 g/mol. The Morgan fingerprint density at radius 2 is 0.829 bits per heavy atom. The summed E-state index contributed by atoms with van der Waals surface area (Å²) in [4.78, 5) is 24.7. The van der Waals surface area contributed by atoms with E-state index in [4.69, 9.17) is 10.2 Å². The molecule has 0 radical (unpaired) electrons. The molecule has 0 aliphatic heterocycles. The summed E-state index contributed by atoms with van der Waals surface area (Å²) in [7, 11) is 0. The van der Waals surface area contributed by atoms with E-state index >= 15 is 0 Å². The normalized spacial score (nSPS) is 17.7. The van der Waals surface area contributed by atoms with Crippen molar-refractivity contribution in [2.45, 2.75) is 160 Å². The molecule has 0 aromatic carbocycles. The Balaban J connectivity index is 2.19. The number of carbonyl (C=O) groups excluding carboxylic acids is 2. The molecule has 8 heteroatoms. The number of carbonyl (C=O) groups is 2. The second-order valence-electron chi connectivity index (χ2n) is 11.6. The third-order valence-corrected chi connectivity index (χ3v) is 7.95. The van der Waals surface area contributed by atoms with Crippen molar-refractivity contribution in [1.82, 2.24) is 10.6 Å². The first-order chi connectivity index (χ1) is 20.0. The van der Waals surface area contributed by atoms with Crippen molar-refractivity contribution in [1.29, 1.82) is 0 Å². The van der Waals surface area contributed by atoms with E-state index < -0.39 is 35.6 Å². The molecule has 238 valence electrons. The number of aliphatic hydroxyl groups excluding tert-OH is 2. The topological polar surface area (TPSA) is 98.7 Å². The molecule has 1 fully saturated rings. The highest BCUT2D eigenvalue weighted by molar-refractivity contribution is 5.92. The molecule has 2 atom stereocenters. The molecule has 1 aliphatic carbocycles. The Bertz CT molecular complexity index is 685. The summed E-state index contributed by atoms with van der Waals surface area (Å²) in [6, 6.07) is -0.807. The van der Waals surface area contributed by atoms with Gasteiger partial charge in [0.2, 0.25) is 0 Å². The molecule has 41 heavy (non-hydrogen) atoms. The van der Waals surface area contributed by atoms with Gasteiger partial charge in [0, 0.05) is 25.3 Å². The van der Waals surface area contributed by atoms with Gasteiger partial charge in [-0.15, -0.1) is 0 Å². The van der Waals surface area contributed by atoms with Crippen molar-refractivity contribution in [3.05, 3.63) is 23.8 Å². The number of halogens is 2. The maximum atomic E-state index is 14.3. The van der Waals surface area contributed by atoms with E-state index in [2.05, 4.69) is 10.6 Å². The predicted molar refractivity (Wildman–Crippen MR) is 163 cm³/mol. The molecule has 0 bridgehead atoms. The molecule has 0 heterocycles. The minimum atomic E-state index is -0.793. The van der Waals surface area contributed by atoms with Gasteiger partial charge in [0.25, 0.3) is 11.8 Å². The van der Waals surface area contributed by atoms with Crippen LogP contribution in [0.2, 0.25) is 0 Å². The van der Waals surface area contributed by atoms with E-state index in [-0.39, 0.29) is 13.2 Å². The Kier molecular flexibility index (Phi) is 23.5. The minimum Gasteiger partial charge on any atom is -0.396 e. The van der Waals surface area contributed by atoms with Crippen LogP contribution in [0.25, 0.3) is 0 Å². The third-order valence-electron chi connectivity index (χ3n) is 7.95. The molecule has 0 aromatic rings. The Morgan fingerprint density at radius 3 is 1.15 bits per heavy atom. The SMILES string of the molecule is O=C(N[C@@H]1CCC[C@@H]1NC(=O)/C(F)=C\CCCCCCCCCCCO)/C(F)=C/CCCCCCCCCCCO. The highest BCUT2D eigenvalue weighted by Crippen LogP contribution is 2.21. The molecular weight excluding hydrogens is 526 g/mol. The lowest BCUT2D eigenvalue weighted by molar-refractivity contribution is -0.122. The number of aliphatic hydroxyl groups is 2. The zero-order valence-corrected chi connectivity index (χ0v) is 25.5. The quantitative estimate of drug-likeness (QED) is 0.0620. The minimum absolute atomic E-state index is 0.271. The highest BCUT2D eigenvalue weighted by Gasteiger charge is 2.31. The maximum Gasteiger partial charge on any atom is 0.279 e. The van der Waals surface area contributed by atoms with Crippen LogP contribution in [0, 0.1) is 0 Å². The molecule has 4 N–H and O–H groups in total. The molecule has 2 amide bonds. The molecule has 0 spiro atoms. The van der Waals surface area contributed by atoms with Crippen molar-refractivity contribution in [2.75, 3.05) is 13.2 Å². The second kappa shape index (κ2) is 25.9. The molecule has 1 saturated carbocycles. The fourth-order valence-corrected chi connectivity index (χ4v) is 5.41. The van der Waals surface area contributed by atoms with Gasteiger partial charge in [-0.3, -0.25) is 9.59 Å². The fourth-order valence-electron chi connectivity index (χ4n) is 5.41. The van der Waals surface area contributed by atoms with E-state index in [9.17, 15) is 18.4 Å². The van der Waals surface area contributed by atoms with Crippen LogP contribution < -0.4 is 10.6 Å². The van der Waals surface area contributed by atoms with Crippen LogP contribution in [-0.2, 0) is 9.59 Å². The summed E-state index contributed by atoms with van der Waals surface area (Å²) < 4.78 is 28.7. The average Bonchev–Trinajstić information content (AvgIpc) is 3.40. The van der Waals surface area contributed by atoms with Gasteiger partial charge < -0.3 is 20.8 Å². The van der Waals surface area contributed by atoms with Crippen LogP contribution in [0.4, 0.5) is 8.78 Å². The number of amides is 2. The van der Waals surface area contributed by atoms with E-state index in [1.807, 2.05) is 0 Å². The lowest BCUT2D eigenvalue weighted by atomic mass is 10.1. The van der Waals surface area contributed by atoms with Crippen molar-refractivity contribution in [3.63, 3.8) is 0 Å². The summed E-state index contributed by atoms with van der Waals surface area (Å²) in [6.45, 7) is 0.542. The Hall–Kier alpha value is -1.80. The first-order valence-electron chi connectivity index (χ1n) is 16.5. The second-order valence-corrected chi connectivity index (χ2v) is 11.6. The number of hydrogen-bond acceptors (Lipinski definition) is 4. The lowest BCUT2D eigenvalue weighted by Crippen LogP contribution is -2.48. The van der Waals surface area contributed by atoms with Crippen molar-refractivity contribution < 1.29 is 28.6 Å². The van der Waals surface area contributed by atoms with Crippen LogP contribution >= 0.6 is 0 Å². The zero-order chi connectivity index (χ0) is 30.0. The van der Waals surface area contributed by atoms with Gasteiger partial charge >= 0.3 is 0 Å². The Morgan fingerprint density at radius 1 is 0.537 bits per heavy atom. The molecule has 6 nitrogen and oxygen atoms in total. The summed E-state index contributed by atoms with van der Waals surface area (Å²) in [5.74, 6) is -3.11.